The van der Waals surface area contributed by atoms with E-state index in [0.29, 0.717) is 23.2 Å². The number of aromatic nitrogens is 2. The predicted molar refractivity (Wildman–Crippen MR) is 143 cm³/mol. The summed E-state index contributed by atoms with van der Waals surface area (Å²) in [5.74, 6) is -1.48. The first-order chi connectivity index (χ1) is 18.2. The minimum Gasteiger partial charge on any atom is -0.478 e. The Morgan fingerprint density at radius 2 is 1.66 bits per heavy atom. The molecule has 4 aromatic rings. The largest absolute Gasteiger partial charge is 0.478 e. The molecule has 38 heavy (non-hydrogen) atoms. The van der Waals surface area contributed by atoms with E-state index in [0.717, 1.165) is 35.0 Å². The highest BCUT2D eigenvalue weighted by molar-refractivity contribution is 5.97. The van der Waals surface area contributed by atoms with Gasteiger partial charge in [-0.25, -0.2) is 14.6 Å². The van der Waals surface area contributed by atoms with Crippen LogP contribution in [-0.2, 0) is 11.8 Å². The number of likely N-dealkylation sites (tertiary alicyclic amines) is 1. The lowest BCUT2D eigenvalue weighted by molar-refractivity contribution is 0.0250. The van der Waals surface area contributed by atoms with Gasteiger partial charge in [-0.3, -0.25) is 4.79 Å². The molecule has 6 rings (SSSR count). The van der Waals surface area contributed by atoms with Crippen LogP contribution in [0.4, 0.5) is 0 Å². The van der Waals surface area contributed by atoms with Crippen LogP contribution in [0.25, 0.3) is 11.0 Å². The SMILES string of the molecule is C[C@@H]1[C@H]2Cc3ccc(C(=O)O)cc3[C@]1(C)CCN2C(=O)c1ccc2nc[nH]c2c1.O=C(O)c1ccccc1. The highest BCUT2D eigenvalue weighted by Gasteiger charge is 2.49. The van der Waals surface area contributed by atoms with E-state index in [2.05, 4.69) is 23.8 Å². The number of nitrogens with one attached hydrogen (secondary N) is 1. The number of benzene rings is 3. The molecule has 0 saturated carbocycles. The van der Waals surface area contributed by atoms with Gasteiger partial charge in [0.1, 0.15) is 0 Å². The Balaban J connectivity index is 0.000000278. The number of fused-ring (bicyclic) bond motifs is 5. The second-order valence-electron chi connectivity index (χ2n) is 10.2. The van der Waals surface area contributed by atoms with Gasteiger partial charge >= 0.3 is 11.9 Å². The Labute approximate surface area is 219 Å². The van der Waals surface area contributed by atoms with Gasteiger partial charge in [0.2, 0.25) is 0 Å². The summed E-state index contributed by atoms with van der Waals surface area (Å²) in [4.78, 5) is 44.4. The first kappa shape index (κ1) is 25.2. The number of carbonyl (C=O) groups is 3. The number of H-pyrrole nitrogens is 1. The lowest BCUT2D eigenvalue weighted by Crippen LogP contribution is -2.59. The normalized spacial score (nSPS) is 21.7. The number of carbonyl (C=O) groups excluding carboxylic acids is 1. The molecule has 8 nitrogen and oxygen atoms in total. The molecule has 0 radical (unpaired) electrons. The molecule has 2 aliphatic rings. The molecule has 3 N–H and O–H groups in total. The van der Waals surface area contributed by atoms with Crippen LogP contribution in [-0.4, -0.2) is 55.5 Å². The fourth-order valence-corrected chi connectivity index (χ4v) is 5.82. The Hall–Kier alpha value is -4.46. The maximum Gasteiger partial charge on any atom is 0.335 e. The Bertz CT molecular complexity index is 1530. The van der Waals surface area contributed by atoms with Crippen LogP contribution in [0.5, 0.6) is 0 Å². The summed E-state index contributed by atoms with van der Waals surface area (Å²) in [6, 6.07) is 19.4. The molecular formula is C30H29N3O5. The van der Waals surface area contributed by atoms with E-state index >= 15 is 0 Å². The average Bonchev–Trinajstić information content (AvgIpc) is 3.39. The van der Waals surface area contributed by atoms with Gasteiger partial charge in [0.05, 0.1) is 28.5 Å². The fourth-order valence-electron chi connectivity index (χ4n) is 5.82. The van der Waals surface area contributed by atoms with Crippen LogP contribution in [0.15, 0.2) is 73.1 Å². The number of aromatic amines is 1. The second-order valence-corrected chi connectivity index (χ2v) is 10.2. The predicted octanol–water partition coefficient (Wildman–Crippen LogP) is 5.01. The molecule has 0 spiro atoms. The number of amides is 1. The van der Waals surface area contributed by atoms with Crippen molar-refractivity contribution in [2.24, 2.45) is 5.92 Å². The first-order valence-corrected chi connectivity index (χ1v) is 12.6. The third kappa shape index (κ3) is 4.42. The molecule has 3 atom stereocenters. The molecule has 2 bridgehead atoms. The summed E-state index contributed by atoms with van der Waals surface area (Å²) in [5.41, 5.74) is 5.20. The molecule has 1 fully saturated rings. The summed E-state index contributed by atoms with van der Waals surface area (Å²) in [7, 11) is 0. The van der Waals surface area contributed by atoms with Gasteiger partial charge in [0, 0.05) is 18.2 Å². The minimum absolute atomic E-state index is 0.0472. The molecule has 1 aliphatic carbocycles. The number of imidazole rings is 1. The molecule has 1 amide bonds. The van der Waals surface area contributed by atoms with Gasteiger partial charge < -0.3 is 20.1 Å². The van der Waals surface area contributed by atoms with Crippen molar-refractivity contribution in [3.8, 4) is 0 Å². The zero-order chi connectivity index (χ0) is 27.0. The highest BCUT2D eigenvalue weighted by Crippen LogP contribution is 2.49. The lowest BCUT2D eigenvalue weighted by Gasteiger charge is -2.54. The van der Waals surface area contributed by atoms with E-state index in [4.69, 9.17) is 5.11 Å². The van der Waals surface area contributed by atoms with Gasteiger partial charge in [-0.2, -0.15) is 0 Å². The standard InChI is InChI=1S/C23H23N3O3.C7H6O2/c1-13-20-11-14-3-4-16(22(28)29)9-17(14)23(13,2)7-8-26(20)21(27)15-5-6-18-19(10-15)25-12-24-18;8-7(9)6-4-2-1-3-5-6/h3-6,9-10,12-13,20H,7-8,11H2,1-2H3,(H,24,25)(H,28,29);1-5H,(H,8,9)/t13-,20-,23-;/m1./s1. The van der Waals surface area contributed by atoms with Crippen LogP contribution >= 0.6 is 0 Å². The van der Waals surface area contributed by atoms with Crippen LogP contribution in [0.2, 0.25) is 0 Å². The zero-order valence-corrected chi connectivity index (χ0v) is 21.2. The molecule has 3 aromatic carbocycles. The zero-order valence-electron chi connectivity index (χ0n) is 21.2. The smallest absolute Gasteiger partial charge is 0.335 e. The third-order valence-corrected chi connectivity index (χ3v) is 8.20. The molecule has 8 heteroatoms. The van der Waals surface area contributed by atoms with E-state index in [1.807, 2.05) is 35.2 Å². The van der Waals surface area contributed by atoms with Crippen molar-refractivity contribution in [2.45, 2.75) is 38.1 Å². The van der Waals surface area contributed by atoms with Crippen molar-refractivity contribution in [2.75, 3.05) is 6.54 Å². The topological polar surface area (TPSA) is 124 Å². The molecule has 194 valence electrons. The van der Waals surface area contributed by atoms with E-state index in [9.17, 15) is 19.5 Å². The van der Waals surface area contributed by atoms with E-state index < -0.39 is 11.9 Å². The number of hydrogen-bond donors (Lipinski definition) is 3. The fraction of sp³-hybridized carbons (Fsp3) is 0.267. The number of rotatable bonds is 3. The summed E-state index contributed by atoms with van der Waals surface area (Å²) < 4.78 is 0. The van der Waals surface area contributed by atoms with E-state index in [-0.39, 0.29) is 23.3 Å². The van der Waals surface area contributed by atoms with Gasteiger partial charge in [-0.05, 0) is 77.8 Å². The highest BCUT2D eigenvalue weighted by atomic mass is 16.4. The van der Waals surface area contributed by atoms with E-state index in [1.165, 1.54) is 0 Å². The Morgan fingerprint density at radius 1 is 0.947 bits per heavy atom. The molecule has 2 heterocycles. The lowest BCUT2D eigenvalue weighted by atomic mass is 9.59. The van der Waals surface area contributed by atoms with Crippen LogP contribution < -0.4 is 0 Å². The van der Waals surface area contributed by atoms with E-state index in [1.54, 1.807) is 42.7 Å². The van der Waals surface area contributed by atoms with Crippen LogP contribution in [0.3, 0.4) is 0 Å². The van der Waals surface area contributed by atoms with Gasteiger partial charge in [0.25, 0.3) is 5.91 Å². The van der Waals surface area contributed by atoms with Crippen molar-refractivity contribution >= 4 is 28.9 Å². The van der Waals surface area contributed by atoms with Gasteiger partial charge in [-0.1, -0.05) is 38.1 Å². The second kappa shape index (κ2) is 9.78. The van der Waals surface area contributed by atoms with Crippen molar-refractivity contribution in [3.63, 3.8) is 0 Å². The molecule has 1 saturated heterocycles. The average molecular weight is 512 g/mol. The maximum absolute atomic E-state index is 13.4. The number of piperidine rings is 1. The maximum atomic E-state index is 13.4. The van der Waals surface area contributed by atoms with Crippen LogP contribution in [0, 0.1) is 5.92 Å². The van der Waals surface area contributed by atoms with Gasteiger partial charge in [0.15, 0.2) is 0 Å². The number of hydrogen-bond acceptors (Lipinski definition) is 4. The summed E-state index contributed by atoms with van der Waals surface area (Å²) in [6.07, 6.45) is 3.21. The summed E-state index contributed by atoms with van der Waals surface area (Å²) in [5, 5.41) is 17.8. The summed E-state index contributed by atoms with van der Waals surface area (Å²) >= 11 is 0. The molecule has 1 aromatic heterocycles. The third-order valence-electron chi connectivity index (χ3n) is 8.20. The number of nitrogens with zero attached hydrogens (tertiary/aromatic N) is 2. The van der Waals surface area contributed by atoms with Gasteiger partial charge in [-0.15, -0.1) is 0 Å². The van der Waals surface area contributed by atoms with Crippen molar-refractivity contribution in [3.05, 3.63) is 101 Å². The van der Waals surface area contributed by atoms with Crippen molar-refractivity contribution < 1.29 is 24.6 Å². The van der Waals surface area contributed by atoms with Crippen LogP contribution in [0.1, 0.15) is 62.5 Å². The Kier molecular flexibility index (Phi) is 6.48. The monoisotopic (exact) mass is 511 g/mol. The number of carboxylic acids is 2. The molecule has 1 aliphatic heterocycles. The first-order valence-electron chi connectivity index (χ1n) is 12.6. The summed E-state index contributed by atoms with van der Waals surface area (Å²) in [6.45, 7) is 5.08. The Morgan fingerprint density at radius 3 is 2.34 bits per heavy atom. The quantitative estimate of drug-likeness (QED) is 0.355. The minimum atomic E-state index is -0.895. The molecular weight excluding hydrogens is 482 g/mol. The number of aromatic carboxylic acids is 2. The number of carboxylic acid groups (broad SMARTS) is 2. The molecule has 0 unspecified atom stereocenters. The van der Waals surface area contributed by atoms with Crippen molar-refractivity contribution in [1.29, 1.82) is 0 Å². The van der Waals surface area contributed by atoms with Crippen molar-refractivity contribution in [1.82, 2.24) is 14.9 Å².